The summed E-state index contributed by atoms with van der Waals surface area (Å²) >= 11 is 1.37. The zero-order chi connectivity index (χ0) is 23.8. The first kappa shape index (κ1) is 23.5. The highest BCUT2D eigenvalue weighted by atomic mass is 32.2. The molecule has 33 heavy (non-hydrogen) atoms. The van der Waals surface area contributed by atoms with Gasteiger partial charge in [-0.15, -0.1) is 11.3 Å². The van der Waals surface area contributed by atoms with Gasteiger partial charge in [0.15, 0.2) is 10.8 Å². The molecule has 4 rings (SSSR count). The number of nitrogens with zero attached hydrogens (tertiary/aromatic N) is 3. The van der Waals surface area contributed by atoms with E-state index in [1.807, 2.05) is 19.1 Å². The van der Waals surface area contributed by atoms with Gasteiger partial charge in [0.1, 0.15) is 5.76 Å². The molecule has 2 aromatic heterocycles. The maximum atomic E-state index is 13.0. The van der Waals surface area contributed by atoms with Crippen molar-refractivity contribution >= 4 is 27.3 Å². The number of rotatable bonds is 5. The molecular weight excluding hydrogens is 479 g/mol. The summed E-state index contributed by atoms with van der Waals surface area (Å²) in [7, 11) is -4.10. The van der Waals surface area contributed by atoms with Gasteiger partial charge in [0, 0.05) is 31.6 Å². The van der Waals surface area contributed by atoms with Crippen molar-refractivity contribution in [1.82, 2.24) is 14.2 Å². The van der Waals surface area contributed by atoms with Crippen LogP contribution in [0.4, 0.5) is 13.2 Å². The quantitative estimate of drug-likeness (QED) is 0.533. The van der Waals surface area contributed by atoms with Crippen LogP contribution in [0.3, 0.4) is 0 Å². The number of halogens is 3. The Morgan fingerprint density at radius 3 is 2.52 bits per heavy atom. The fraction of sp³-hybridized carbons (Fsp3) is 0.333. The lowest BCUT2D eigenvalue weighted by molar-refractivity contribution is -0.137. The lowest BCUT2D eigenvalue weighted by Crippen LogP contribution is -2.50. The van der Waals surface area contributed by atoms with E-state index in [1.54, 1.807) is 5.38 Å². The van der Waals surface area contributed by atoms with Crippen LogP contribution in [0.2, 0.25) is 0 Å². The summed E-state index contributed by atoms with van der Waals surface area (Å²) < 4.78 is 71.1. The van der Waals surface area contributed by atoms with E-state index in [0.29, 0.717) is 22.5 Å². The van der Waals surface area contributed by atoms with Crippen molar-refractivity contribution in [3.63, 3.8) is 0 Å². The molecule has 1 aromatic carbocycles. The predicted molar refractivity (Wildman–Crippen MR) is 115 cm³/mol. The number of hydrogen-bond acceptors (Lipinski definition) is 6. The molecule has 1 fully saturated rings. The molecule has 0 bridgehead atoms. The van der Waals surface area contributed by atoms with Crippen molar-refractivity contribution in [2.45, 2.75) is 24.4 Å². The van der Waals surface area contributed by atoms with Gasteiger partial charge < -0.3 is 9.32 Å². The van der Waals surface area contributed by atoms with Crippen molar-refractivity contribution in [2.75, 3.05) is 26.2 Å². The van der Waals surface area contributed by atoms with Gasteiger partial charge >= 0.3 is 6.18 Å². The molecule has 0 aliphatic carbocycles. The number of benzene rings is 1. The van der Waals surface area contributed by atoms with Crippen molar-refractivity contribution in [3.8, 4) is 10.8 Å². The highest BCUT2D eigenvalue weighted by molar-refractivity contribution is 7.89. The number of thiazole rings is 1. The minimum Gasteiger partial charge on any atom is -0.459 e. The average Bonchev–Trinajstić information content (AvgIpc) is 3.42. The summed E-state index contributed by atoms with van der Waals surface area (Å²) in [5, 5.41) is 2.45. The van der Waals surface area contributed by atoms with Crippen LogP contribution in [0.15, 0.2) is 51.1 Å². The van der Waals surface area contributed by atoms with Gasteiger partial charge in [-0.25, -0.2) is 13.4 Å². The molecule has 1 aliphatic heterocycles. The molecule has 3 heterocycles. The maximum Gasteiger partial charge on any atom is 0.416 e. The van der Waals surface area contributed by atoms with Crippen LogP contribution < -0.4 is 0 Å². The number of sulfonamides is 1. The van der Waals surface area contributed by atoms with E-state index >= 15 is 0 Å². The zero-order valence-corrected chi connectivity index (χ0v) is 19.1. The van der Waals surface area contributed by atoms with Gasteiger partial charge in [0.2, 0.25) is 15.9 Å². The minimum atomic E-state index is -4.64. The van der Waals surface area contributed by atoms with Crippen LogP contribution >= 0.6 is 11.3 Å². The molecular formula is C21H20F3N3O4S2. The van der Waals surface area contributed by atoms with E-state index in [9.17, 15) is 26.4 Å². The topological polar surface area (TPSA) is 83.7 Å². The Hall–Kier alpha value is -2.70. The minimum absolute atomic E-state index is 0.00168. The number of carbonyl (C=O) groups excluding carboxylic acids is 1. The van der Waals surface area contributed by atoms with E-state index in [-0.39, 0.29) is 38.5 Å². The molecule has 1 saturated heterocycles. The zero-order valence-electron chi connectivity index (χ0n) is 17.5. The second-order valence-corrected chi connectivity index (χ2v) is 10.3. The second kappa shape index (κ2) is 8.92. The Morgan fingerprint density at radius 2 is 1.88 bits per heavy atom. The Morgan fingerprint density at radius 1 is 1.15 bits per heavy atom. The Labute approximate surface area is 192 Å². The molecule has 12 heteroatoms. The predicted octanol–water partition coefficient (Wildman–Crippen LogP) is 3.81. The first-order valence-electron chi connectivity index (χ1n) is 10.0. The molecule has 176 valence electrons. The average molecular weight is 500 g/mol. The highest BCUT2D eigenvalue weighted by Crippen LogP contribution is 2.31. The van der Waals surface area contributed by atoms with Crippen LogP contribution in [0.25, 0.3) is 10.8 Å². The molecule has 0 unspecified atom stereocenters. The summed E-state index contributed by atoms with van der Waals surface area (Å²) in [5.74, 6) is 1.19. The summed E-state index contributed by atoms with van der Waals surface area (Å²) in [6.45, 7) is 2.11. The Kier molecular flexibility index (Phi) is 6.34. The van der Waals surface area contributed by atoms with Crippen LogP contribution in [-0.2, 0) is 27.4 Å². The summed E-state index contributed by atoms with van der Waals surface area (Å²) in [6, 6.07) is 7.31. The van der Waals surface area contributed by atoms with Gasteiger partial charge in [-0.05, 0) is 37.3 Å². The second-order valence-electron chi connectivity index (χ2n) is 7.54. The monoisotopic (exact) mass is 499 g/mol. The van der Waals surface area contributed by atoms with Crippen molar-refractivity contribution in [3.05, 3.63) is 58.8 Å². The number of hydrogen-bond donors (Lipinski definition) is 0. The molecule has 0 radical (unpaired) electrons. The lowest BCUT2D eigenvalue weighted by Gasteiger charge is -2.34. The summed E-state index contributed by atoms with van der Waals surface area (Å²) in [6.07, 6.45) is -4.57. The van der Waals surface area contributed by atoms with Gasteiger partial charge in [-0.3, -0.25) is 4.79 Å². The van der Waals surface area contributed by atoms with E-state index in [2.05, 4.69) is 4.98 Å². The molecule has 0 spiro atoms. The molecule has 7 nitrogen and oxygen atoms in total. The van der Waals surface area contributed by atoms with Crippen LogP contribution in [0.5, 0.6) is 0 Å². The maximum absolute atomic E-state index is 13.0. The molecule has 1 amide bonds. The van der Waals surface area contributed by atoms with Crippen molar-refractivity contribution in [1.29, 1.82) is 0 Å². The normalized spacial score (nSPS) is 15.7. The van der Waals surface area contributed by atoms with E-state index < -0.39 is 26.7 Å². The first-order valence-corrected chi connectivity index (χ1v) is 12.3. The van der Waals surface area contributed by atoms with E-state index in [4.69, 9.17) is 4.42 Å². The third kappa shape index (κ3) is 5.12. The summed E-state index contributed by atoms with van der Waals surface area (Å²) in [5.41, 5.74) is -0.433. The van der Waals surface area contributed by atoms with Gasteiger partial charge in [0.25, 0.3) is 0 Å². The Balaban J connectivity index is 1.37. The summed E-state index contributed by atoms with van der Waals surface area (Å²) in [4.78, 5) is 18.2. The standard InChI is InChI=1S/C21H20F3N3O4S2/c1-14-5-6-18(31-14)20-25-16(13-32-20)12-19(28)26-7-9-27(10-8-26)33(29,30)17-4-2-3-15(11-17)21(22,23)24/h2-6,11,13H,7-10,12H2,1H3. The SMILES string of the molecule is Cc1ccc(-c2nc(CC(=O)N3CCN(S(=O)(=O)c4cccc(C(F)(F)F)c4)CC3)cs2)o1. The number of carbonyl (C=O) groups is 1. The smallest absolute Gasteiger partial charge is 0.416 e. The van der Waals surface area contributed by atoms with E-state index in [0.717, 1.165) is 28.3 Å². The fourth-order valence-electron chi connectivity index (χ4n) is 3.48. The van der Waals surface area contributed by atoms with Crippen molar-refractivity contribution in [2.24, 2.45) is 0 Å². The van der Waals surface area contributed by atoms with Gasteiger partial charge in [-0.2, -0.15) is 17.5 Å². The van der Waals surface area contributed by atoms with Crippen molar-refractivity contribution < 1.29 is 30.8 Å². The molecule has 3 aromatic rings. The van der Waals surface area contributed by atoms with Gasteiger partial charge in [-0.1, -0.05) is 6.07 Å². The fourth-order valence-corrected chi connectivity index (χ4v) is 5.73. The third-order valence-corrected chi connectivity index (χ3v) is 8.03. The lowest BCUT2D eigenvalue weighted by atomic mass is 10.2. The van der Waals surface area contributed by atoms with Crippen LogP contribution in [-0.4, -0.2) is 54.7 Å². The van der Waals surface area contributed by atoms with E-state index in [1.165, 1.54) is 16.2 Å². The molecule has 0 N–H and O–H groups in total. The highest BCUT2D eigenvalue weighted by Gasteiger charge is 2.34. The Bertz CT molecular complexity index is 1260. The number of piperazine rings is 1. The largest absolute Gasteiger partial charge is 0.459 e. The number of aryl methyl sites for hydroxylation is 1. The van der Waals surface area contributed by atoms with Crippen LogP contribution in [0.1, 0.15) is 17.0 Å². The number of furan rings is 1. The number of amides is 1. The molecule has 0 saturated carbocycles. The van der Waals surface area contributed by atoms with Crippen LogP contribution in [0, 0.1) is 6.92 Å². The third-order valence-electron chi connectivity index (χ3n) is 5.23. The number of aromatic nitrogens is 1. The molecule has 1 aliphatic rings. The van der Waals surface area contributed by atoms with Gasteiger partial charge in [0.05, 0.1) is 22.6 Å². The molecule has 0 atom stereocenters. The first-order chi connectivity index (χ1) is 15.5. The number of alkyl halides is 3.